The van der Waals surface area contributed by atoms with E-state index in [0.717, 1.165) is 12.8 Å². The van der Waals surface area contributed by atoms with Gasteiger partial charge in [-0.25, -0.2) is 0 Å². The van der Waals surface area contributed by atoms with Crippen LogP contribution in [0.4, 0.5) is 0 Å². The van der Waals surface area contributed by atoms with Gasteiger partial charge in [0.25, 0.3) is 0 Å². The van der Waals surface area contributed by atoms with Crippen molar-refractivity contribution in [3.05, 3.63) is 0 Å². The molecular weight excluding hydrogens is 180 g/mol. The van der Waals surface area contributed by atoms with Crippen LogP contribution in [0, 0.1) is 0 Å². The van der Waals surface area contributed by atoms with E-state index in [2.05, 4.69) is 6.92 Å². The first-order valence-corrected chi connectivity index (χ1v) is 5.19. The second-order valence-electron chi connectivity index (χ2n) is 4.35. The van der Waals surface area contributed by atoms with Gasteiger partial charge in [-0.05, 0) is 27.2 Å². The molecule has 0 aliphatic rings. The fourth-order valence-corrected chi connectivity index (χ4v) is 0.771. The van der Waals surface area contributed by atoms with Crippen LogP contribution < -0.4 is 0 Å². The molecular formula is C11H22O3. The van der Waals surface area contributed by atoms with Crippen molar-refractivity contribution in [1.29, 1.82) is 0 Å². The van der Waals surface area contributed by atoms with Crippen molar-refractivity contribution in [2.75, 3.05) is 19.8 Å². The van der Waals surface area contributed by atoms with E-state index in [-0.39, 0.29) is 24.6 Å². The van der Waals surface area contributed by atoms with Crippen molar-refractivity contribution >= 4 is 5.78 Å². The minimum absolute atomic E-state index is 0.0102. The maximum atomic E-state index is 11.2. The summed E-state index contributed by atoms with van der Waals surface area (Å²) in [5.41, 5.74) is -0.251. The standard InChI is InChI=1S/C11H22O3/c1-5-6-7-13-8-10(12)9-14-11(2,3)4/h5-9H2,1-4H3. The Hall–Kier alpha value is -0.410. The van der Waals surface area contributed by atoms with Crippen LogP contribution in [0.15, 0.2) is 0 Å². The number of rotatable bonds is 7. The van der Waals surface area contributed by atoms with E-state index < -0.39 is 0 Å². The lowest BCUT2D eigenvalue weighted by Gasteiger charge is -2.18. The monoisotopic (exact) mass is 202 g/mol. The van der Waals surface area contributed by atoms with Crippen LogP contribution in [0.3, 0.4) is 0 Å². The summed E-state index contributed by atoms with van der Waals surface area (Å²) in [5.74, 6) is 0.0102. The largest absolute Gasteiger partial charge is 0.374 e. The third-order valence-electron chi connectivity index (χ3n) is 1.57. The lowest BCUT2D eigenvalue weighted by Crippen LogP contribution is -2.25. The second kappa shape index (κ2) is 6.96. The Balaban J connectivity index is 3.38. The Morgan fingerprint density at radius 2 is 1.86 bits per heavy atom. The Bertz CT molecular complexity index is 158. The summed E-state index contributed by atoms with van der Waals surface area (Å²) >= 11 is 0. The smallest absolute Gasteiger partial charge is 0.184 e. The highest BCUT2D eigenvalue weighted by Crippen LogP contribution is 2.05. The van der Waals surface area contributed by atoms with Crippen molar-refractivity contribution in [2.24, 2.45) is 0 Å². The first-order chi connectivity index (χ1) is 6.45. The van der Waals surface area contributed by atoms with Crippen molar-refractivity contribution in [3.8, 4) is 0 Å². The summed E-state index contributed by atoms with van der Waals surface area (Å²) in [5, 5.41) is 0. The molecule has 0 atom stereocenters. The van der Waals surface area contributed by atoms with Crippen LogP contribution in [0.25, 0.3) is 0 Å². The molecule has 0 saturated carbocycles. The van der Waals surface area contributed by atoms with Crippen molar-refractivity contribution in [3.63, 3.8) is 0 Å². The zero-order chi connectivity index (χ0) is 11.0. The van der Waals surface area contributed by atoms with E-state index in [1.807, 2.05) is 20.8 Å². The Morgan fingerprint density at radius 1 is 1.21 bits per heavy atom. The first kappa shape index (κ1) is 13.6. The molecule has 0 aromatic carbocycles. The van der Waals surface area contributed by atoms with Crippen LogP contribution in [0.2, 0.25) is 0 Å². The van der Waals surface area contributed by atoms with Gasteiger partial charge in [0, 0.05) is 6.61 Å². The molecule has 0 aromatic heterocycles. The fraction of sp³-hybridized carbons (Fsp3) is 0.909. The van der Waals surface area contributed by atoms with Gasteiger partial charge in [-0.1, -0.05) is 13.3 Å². The molecule has 0 unspecified atom stereocenters. The van der Waals surface area contributed by atoms with Gasteiger partial charge < -0.3 is 9.47 Å². The van der Waals surface area contributed by atoms with E-state index in [9.17, 15) is 4.79 Å². The van der Waals surface area contributed by atoms with Gasteiger partial charge in [0.15, 0.2) is 5.78 Å². The molecule has 0 amide bonds. The molecule has 0 spiro atoms. The Kier molecular flexibility index (Phi) is 6.75. The van der Waals surface area contributed by atoms with E-state index in [1.54, 1.807) is 0 Å². The van der Waals surface area contributed by atoms with Gasteiger partial charge in [0.2, 0.25) is 0 Å². The number of ether oxygens (including phenoxy) is 2. The summed E-state index contributed by atoms with van der Waals surface area (Å²) in [7, 11) is 0. The third-order valence-corrected chi connectivity index (χ3v) is 1.57. The molecule has 3 nitrogen and oxygen atoms in total. The molecule has 0 heterocycles. The van der Waals surface area contributed by atoms with Crippen molar-refractivity contribution < 1.29 is 14.3 Å². The lowest BCUT2D eigenvalue weighted by atomic mass is 10.2. The van der Waals surface area contributed by atoms with Gasteiger partial charge in [0.1, 0.15) is 13.2 Å². The Labute approximate surface area is 86.8 Å². The van der Waals surface area contributed by atoms with Crippen LogP contribution in [-0.2, 0) is 14.3 Å². The molecule has 84 valence electrons. The molecule has 0 aliphatic heterocycles. The number of carbonyl (C=O) groups excluding carboxylic acids is 1. The number of Topliss-reactive ketones (excluding diaryl/α,β-unsaturated/α-hetero) is 1. The fourth-order valence-electron chi connectivity index (χ4n) is 0.771. The topological polar surface area (TPSA) is 35.5 Å². The molecule has 0 N–H and O–H groups in total. The average molecular weight is 202 g/mol. The van der Waals surface area contributed by atoms with Gasteiger partial charge in [-0.15, -0.1) is 0 Å². The highest BCUT2D eigenvalue weighted by atomic mass is 16.5. The number of unbranched alkanes of at least 4 members (excludes halogenated alkanes) is 1. The SMILES string of the molecule is CCCCOCC(=O)COC(C)(C)C. The zero-order valence-corrected chi connectivity index (χ0v) is 9.76. The van der Waals surface area contributed by atoms with Gasteiger partial charge >= 0.3 is 0 Å². The second-order valence-corrected chi connectivity index (χ2v) is 4.35. The molecule has 0 aliphatic carbocycles. The quantitative estimate of drug-likeness (QED) is 0.594. The summed E-state index contributed by atoms with van der Waals surface area (Å²) < 4.78 is 10.5. The molecule has 0 radical (unpaired) electrons. The van der Waals surface area contributed by atoms with Crippen molar-refractivity contribution in [1.82, 2.24) is 0 Å². The van der Waals surface area contributed by atoms with Crippen LogP contribution in [0.1, 0.15) is 40.5 Å². The van der Waals surface area contributed by atoms with E-state index in [1.165, 1.54) is 0 Å². The molecule has 0 rings (SSSR count). The molecule has 0 aromatic rings. The maximum absolute atomic E-state index is 11.2. The highest BCUT2D eigenvalue weighted by Gasteiger charge is 2.12. The molecule has 0 bridgehead atoms. The molecule has 14 heavy (non-hydrogen) atoms. The normalized spacial score (nSPS) is 11.7. The van der Waals surface area contributed by atoms with Gasteiger partial charge in [0.05, 0.1) is 5.60 Å². The summed E-state index contributed by atoms with van der Waals surface area (Å²) in [6, 6.07) is 0. The highest BCUT2D eigenvalue weighted by molar-refractivity contribution is 5.80. The van der Waals surface area contributed by atoms with Gasteiger partial charge in [-0.2, -0.15) is 0 Å². The number of hydrogen-bond acceptors (Lipinski definition) is 3. The van der Waals surface area contributed by atoms with Crippen LogP contribution in [0.5, 0.6) is 0 Å². The molecule has 3 heteroatoms. The predicted molar refractivity (Wildman–Crippen MR) is 56.4 cm³/mol. The maximum Gasteiger partial charge on any atom is 0.184 e. The zero-order valence-electron chi connectivity index (χ0n) is 9.76. The molecule has 0 fully saturated rings. The predicted octanol–water partition coefficient (Wildman–Crippen LogP) is 2.19. The minimum atomic E-state index is -0.251. The van der Waals surface area contributed by atoms with Crippen LogP contribution in [-0.4, -0.2) is 31.2 Å². The van der Waals surface area contributed by atoms with E-state index in [4.69, 9.17) is 9.47 Å². The first-order valence-electron chi connectivity index (χ1n) is 5.19. The number of hydrogen-bond donors (Lipinski definition) is 0. The number of carbonyl (C=O) groups is 1. The third kappa shape index (κ3) is 9.68. The van der Waals surface area contributed by atoms with Crippen LogP contribution >= 0.6 is 0 Å². The lowest BCUT2D eigenvalue weighted by molar-refractivity contribution is -0.132. The molecule has 0 saturated heterocycles. The summed E-state index contributed by atoms with van der Waals surface area (Å²) in [6.07, 6.45) is 2.10. The van der Waals surface area contributed by atoms with Gasteiger partial charge in [-0.3, -0.25) is 4.79 Å². The minimum Gasteiger partial charge on any atom is -0.374 e. The summed E-state index contributed by atoms with van der Waals surface area (Å²) in [6.45, 7) is 8.87. The van der Waals surface area contributed by atoms with Crippen molar-refractivity contribution in [2.45, 2.75) is 46.1 Å². The van der Waals surface area contributed by atoms with E-state index in [0.29, 0.717) is 6.61 Å². The number of ketones is 1. The average Bonchev–Trinajstić information content (AvgIpc) is 2.08. The van der Waals surface area contributed by atoms with E-state index >= 15 is 0 Å². The Morgan fingerprint density at radius 3 is 2.36 bits per heavy atom. The summed E-state index contributed by atoms with van der Waals surface area (Å²) in [4.78, 5) is 11.2.